The summed E-state index contributed by atoms with van der Waals surface area (Å²) in [7, 11) is 0.738. The third kappa shape index (κ3) is 5.96. The highest BCUT2D eigenvalue weighted by molar-refractivity contribution is 6.56. The molecule has 2 rings (SSSR count). The van der Waals surface area contributed by atoms with E-state index in [0.717, 1.165) is 0 Å². The smallest absolute Gasteiger partial charge is 0.492 e. The van der Waals surface area contributed by atoms with Gasteiger partial charge in [0.1, 0.15) is 17.2 Å². The van der Waals surface area contributed by atoms with E-state index in [9.17, 15) is 9.18 Å². The zero-order valence-corrected chi connectivity index (χ0v) is 18.5. The lowest BCUT2D eigenvalue weighted by Crippen LogP contribution is -2.41. The molecule has 1 amide bonds. The van der Waals surface area contributed by atoms with Gasteiger partial charge in [-0.3, -0.25) is 0 Å². The molecule has 0 radical (unpaired) electrons. The molecule has 0 aliphatic carbocycles. The Kier molecular flexibility index (Phi) is 6.70. The molecule has 160 valence electrons. The van der Waals surface area contributed by atoms with Gasteiger partial charge in [0.25, 0.3) is 0 Å². The number of carbonyl (C=O) groups is 1. The van der Waals surface area contributed by atoms with Gasteiger partial charge in [0.2, 0.25) is 0 Å². The minimum atomic E-state index is -0.739. The summed E-state index contributed by atoms with van der Waals surface area (Å²) in [5.41, 5.74) is -0.858. The van der Waals surface area contributed by atoms with Crippen LogP contribution in [0.1, 0.15) is 54.0 Å². The number of ether oxygens (including phenoxy) is 2. The summed E-state index contributed by atoms with van der Waals surface area (Å²) in [5, 5.41) is 2.70. The highest BCUT2D eigenvalue weighted by atomic mass is 19.1. The zero-order valence-electron chi connectivity index (χ0n) is 18.5. The van der Waals surface area contributed by atoms with Crippen LogP contribution in [-0.4, -0.2) is 43.7 Å². The van der Waals surface area contributed by atoms with Crippen LogP contribution in [0.15, 0.2) is 23.7 Å². The first-order valence-corrected chi connectivity index (χ1v) is 9.60. The minimum Gasteiger partial charge on any atom is -0.497 e. The quantitative estimate of drug-likeness (QED) is 0.735. The van der Waals surface area contributed by atoms with Crippen molar-refractivity contribution < 1.29 is 28.0 Å². The van der Waals surface area contributed by atoms with Gasteiger partial charge in [-0.1, -0.05) is 6.08 Å². The first-order chi connectivity index (χ1) is 13.2. The third-order valence-corrected chi connectivity index (χ3v) is 4.94. The lowest BCUT2D eigenvalue weighted by molar-refractivity contribution is 0.00578. The zero-order chi connectivity index (χ0) is 22.0. The number of nitrogens with one attached hydrogen (secondary N) is 1. The number of halogens is 1. The highest BCUT2D eigenvalue weighted by Gasteiger charge is 2.52. The summed E-state index contributed by atoms with van der Waals surface area (Å²) in [6.45, 7) is 13.1. The summed E-state index contributed by atoms with van der Waals surface area (Å²) < 4.78 is 37.0. The molecule has 1 saturated heterocycles. The van der Waals surface area contributed by atoms with Crippen molar-refractivity contribution in [2.24, 2.45) is 0 Å². The molecule has 6 nitrogen and oxygen atoms in total. The molecule has 0 saturated carbocycles. The van der Waals surface area contributed by atoms with E-state index in [0.29, 0.717) is 16.8 Å². The second kappa shape index (κ2) is 8.36. The summed E-state index contributed by atoms with van der Waals surface area (Å²) in [6, 6.07) is 4.57. The van der Waals surface area contributed by atoms with E-state index in [1.165, 1.54) is 13.2 Å². The van der Waals surface area contributed by atoms with Gasteiger partial charge in [0, 0.05) is 18.2 Å². The fraction of sp³-hybridized carbons (Fsp3) is 0.571. The van der Waals surface area contributed by atoms with Crippen molar-refractivity contribution in [3.05, 3.63) is 35.1 Å². The van der Waals surface area contributed by atoms with E-state index in [1.807, 2.05) is 27.7 Å². The molecule has 0 unspecified atom stereocenters. The average molecular weight is 407 g/mol. The second-order valence-corrected chi connectivity index (χ2v) is 9.05. The molecule has 1 aromatic carbocycles. The van der Waals surface area contributed by atoms with Crippen LogP contribution in [0.3, 0.4) is 0 Å². The van der Waals surface area contributed by atoms with Gasteiger partial charge < -0.3 is 24.1 Å². The van der Waals surface area contributed by atoms with Gasteiger partial charge in [-0.25, -0.2) is 9.18 Å². The molecule has 8 heteroatoms. The maximum atomic E-state index is 14.5. The summed E-state index contributed by atoms with van der Waals surface area (Å²) >= 11 is 0. The van der Waals surface area contributed by atoms with Crippen molar-refractivity contribution in [2.45, 2.75) is 65.3 Å². The molecular formula is C21H31BFNO5. The summed E-state index contributed by atoms with van der Waals surface area (Å²) in [5.74, 6) is -0.0284. The Hall–Kier alpha value is -2.06. The van der Waals surface area contributed by atoms with Crippen LogP contribution in [-0.2, 0) is 14.0 Å². The standard InChI is InChI=1S/C21H31BFNO5/c1-19(2,3)27-18(25)24-13-15(22-28-20(4,5)21(6,7)29-22)11-14-9-10-16(26-8)12-17(14)23/h9-12H,13H2,1-8H3,(H,24,25). The van der Waals surface area contributed by atoms with Crippen LogP contribution in [0.5, 0.6) is 5.75 Å². The van der Waals surface area contributed by atoms with Gasteiger partial charge in [-0.2, -0.15) is 0 Å². The SMILES string of the molecule is COc1ccc(C=C(CNC(=O)OC(C)(C)C)B2OC(C)(C)C(C)(C)O2)c(F)c1. The monoisotopic (exact) mass is 407 g/mol. The maximum Gasteiger partial charge on any atom is 0.492 e. The van der Waals surface area contributed by atoms with Gasteiger partial charge in [0.15, 0.2) is 0 Å². The predicted octanol–water partition coefficient (Wildman–Crippen LogP) is 4.37. The summed E-state index contributed by atoms with van der Waals surface area (Å²) in [6.07, 6.45) is 1.05. The lowest BCUT2D eigenvalue weighted by atomic mass is 9.77. The fourth-order valence-electron chi connectivity index (χ4n) is 2.64. The van der Waals surface area contributed by atoms with Gasteiger partial charge in [-0.05, 0) is 66.1 Å². The lowest BCUT2D eigenvalue weighted by Gasteiger charge is -2.32. The molecule has 1 aliphatic rings. The number of amides is 1. The molecule has 1 heterocycles. The van der Waals surface area contributed by atoms with Crippen LogP contribution in [0.25, 0.3) is 6.08 Å². The molecule has 1 fully saturated rings. The number of methoxy groups -OCH3 is 1. The Morgan fingerprint density at radius 1 is 1.21 bits per heavy atom. The molecule has 29 heavy (non-hydrogen) atoms. The van der Waals surface area contributed by atoms with E-state index < -0.39 is 35.8 Å². The number of hydrogen-bond donors (Lipinski definition) is 1. The summed E-state index contributed by atoms with van der Waals surface area (Å²) in [4.78, 5) is 12.1. The molecule has 1 aliphatic heterocycles. The van der Waals surface area contributed by atoms with Crippen molar-refractivity contribution in [2.75, 3.05) is 13.7 Å². The molecule has 1 aromatic rings. The highest BCUT2D eigenvalue weighted by Crippen LogP contribution is 2.39. The van der Waals surface area contributed by atoms with E-state index in [-0.39, 0.29) is 6.54 Å². The van der Waals surface area contributed by atoms with Gasteiger partial charge >= 0.3 is 13.2 Å². The first kappa shape index (κ1) is 23.2. The number of benzene rings is 1. The van der Waals surface area contributed by atoms with Crippen LogP contribution in [0.4, 0.5) is 9.18 Å². The second-order valence-electron chi connectivity index (χ2n) is 9.05. The van der Waals surface area contributed by atoms with E-state index >= 15 is 0 Å². The van der Waals surface area contributed by atoms with Crippen molar-refractivity contribution in [3.63, 3.8) is 0 Å². The molecule has 1 N–H and O–H groups in total. The number of alkyl carbamates (subject to hydrolysis) is 1. The third-order valence-electron chi connectivity index (χ3n) is 4.94. The van der Waals surface area contributed by atoms with Crippen LogP contribution >= 0.6 is 0 Å². The number of carbonyl (C=O) groups excluding carboxylic acids is 1. The Morgan fingerprint density at radius 3 is 2.28 bits per heavy atom. The Bertz CT molecular complexity index is 770. The topological polar surface area (TPSA) is 66.0 Å². The van der Waals surface area contributed by atoms with Crippen molar-refractivity contribution in [1.82, 2.24) is 5.32 Å². The van der Waals surface area contributed by atoms with Crippen molar-refractivity contribution >= 4 is 19.3 Å². The van der Waals surface area contributed by atoms with Crippen LogP contribution in [0, 0.1) is 5.82 Å². The number of rotatable bonds is 5. The van der Waals surface area contributed by atoms with Crippen molar-refractivity contribution in [3.8, 4) is 5.75 Å². The van der Waals surface area contributed by atoms with Gasteiger partial charge in [0.05, 0.1) is 18.3 Å². The molecule has 0 bridgehead atoms. The molecule has 0 atom stereocenters. The molecule has 0 spiro atoms. The van der Waals surface area contributed by atoms with E-state index in [4.69, 9.17) is 18.8 Å². The van der Waals surface area contributed by atoms with E-state index in [2.05, 4.69) is 5.32 Å². The fourth-order valence-corrected chi connectivity index (χ4v) is 2.64. The molecular weight excluding hydrogens is 376 g/mol. The molecule has 0 aromatic heterocycles. The Labute approximate surface area is 172 Å². The van der Waals surface area contributed by atoms with Crippen LogP contribution in [0.2, 0.25) is 0 Å². The Balaban J connectivity index is 2.30. The largest absolute Gasteiger partial charge is 0.497 e. The number of hydrogen-bond acceptors (Lipinski definition) is 5. The van der Waals surface area contributed by atoms with E-state index in [1.54, 1.807) is 39.0 Å². The maximum absolute atomic E-state index is 14.5. The normalized spacial score (nSPS) is 18.5. The van der Waals surface area contributed by atoms with Gasteiger partial charge in [-0.15, -0.1) is 0 Å². The Morgan fingerprint density at radius 2 is 1.79 bits per heavy atom. The predicted molar refractivity (Wildman–Crippen MR) is 111 cm³/mol. The first-order valence-electron chi connectivity index (χ1n) is 9.60. The minimum absolute atomic E-state index is 0.0806. The van der Waals surface area contributed by atoms with Crippen LogP contribution < -0.4 is 10.1 Å². The van der Waals surface area contributed by atoms with Crippen molar-refractivity contribution in [1.29, 1.82) is 0 Å². The average Bonchev–Trinajstić information content (AvgIpc) is 2.78.